The van der Waals surface area contributed by atoms with Crippen molar-refractivity contribution in [3.8, 4) is 22.9 Å². The molecule has 0 spiro atoms. The molecule has 0 unspecified atom stereocenters. The highest BCUT2D eigenvalue weighted by Crippen LogP contribution is 2.44. The van der Waals surface area contributed by atoms with Crippen molar-refractivity contribution in [3.63, 3.8) is 0 Å². The van der Waals surface area contributed by atoms with Crippen molar-refractivity contribution < 1.29 is 4.74 Å². The monoisotopic (exact) mass is 692 g/mol. The standard InChI is InChI=1S/C48H29BN2OS/c1-6-20-39-31(13-1)32-14-2-7-21-40(32)50(39)43-23-11-16-34-35-17-12-24-44(48(35)53-47(34)43)51-41-22-8-3-15-33(41)36-29-30(27-28-42(36)51)49-37-18-4-9-25-45(37)52-46-26-10-5-19-38(46)49/h1-29H. The van der Waals surface area contributed by atoms with E-state index in [0.29, 0.717) is 0 Å². The van der Waals surface area contributed by atoms with E-state index in [0.717, 1.165) is 11.5 Å². The van der Waals surface area contributed by atoms with Gasteiger partial charge in [-0.3, -0.25) is 0 Å². The van der Waals surface area contributed by atoms with E-state index in [9.17, 15) is 0 Å². The van der Waals surface area contributed by atoms with E-state index >= 15 is 0 Å². The van der Waals surface area contributed by atoms with Gasteiger partial charge in [-0.15, -0.1) is 11.3 Å². The lowest BCUT2D eigenvalue weighted by molar-refractivity contribution is 0.487. The summed E-state index contributed by atoms with van der Waals surface area (Å²) < 4.78 is 13.9. The minimum atomic E-state index is 0.0768. The zero-order chi connectivity index (χ0) is 34.6. The van der Waals surface area contributed by atoms with Gasteiger partial charge in [0.15, 0.2) is 0 Å². The molecule has 12 rings (SSSR count). The lowest BCUT2D eigenvalue weighted by atomic mass is 9.36. The van der Waals surface area contributed by atoms with Crippen molar-refractivity contribution in [1.82, 2.24) is 9.13 Å². The molecule has 0 aliphatic carbocycles. The fourth-order valence-electron chi connectivity index (χ4n) is 9.02. The van der Waals surface area contributed by atoms with E-state index in [2.05, 4.69) is 185 Å². The second-order valence-electron chi connectivity index (χ2n) is 14.0. The van der Waals surface area contributed by atoms with E-state index in [-0.39, 0.29) is 6.71 Å². The summed E-state index contributed by atoms with van der Waals surface area (Å²) in [4.78, 5) is 0. The number of para-hydroxylation sites is 5. The molecule has 3 aromatic heterocycles. The first-order valence-corrected chi connectivity index (χ1v) is 19.0. The maximum atomic E-state index is 6.38. The lowest BCUT2D eigenvalue weighted by Crippen LogP contribution is -2.54. The molecule has 246 valence electrons. The predicted molar refractivity (Wildman–Crippen MR) is 226 cm³/mol. The third-order valence-corrected chi connectivity index (χ3v) is 12.5. The Hall–Kier alpha value is -6.56. The molecule has 0 saturated carbocycles. The SMILES string of the molecule is c1ccc2c(c1)Oc1ccccc1B2c1ccc2c(c1)c1ccccc1n2-c1cccc2c1sc1c(-n3c4ccccc4c4ccccc43)cccc12. The van der Waals surface area contributed by atoms with E-state index in [1.165, 1.54) is 91.5 Å². The Labute approximate surface area is 309 Å². The Morgan fingerprint density at radius 2 is 0.811 bits per heavy atom. The molecular weight excluding hydrogens is 663 g/mol. The van der Waals surface area contributed by atoms with Crippen LogP contribution in [-0.4, -0.2) is 15.8 Å². The van der Waals surface area contributed by atoms with Gasteiger partial charge in [0.25, 0.3) is 6.71 Å². The van der Waals surface area contributed by atoms with E-state index in [1.807, 2.05) is 11.3 Å². The van der Waals surface area contributed by atoms with Gasteiger partial charge in [-0.2, -0.15) is 0 Å². The highest BCUT2D eigenvalue weighted by atomic mass is 32.1. The van der Waals surface area contributed by atoms with Crippen molar-refractivity contribution in [2.45, 2.75) is 0 Å². The Morgan fingerprint density at radius 1 is 0.377 bits per heavy atom. The average molecular weight is 693 g/mol. The van der Waals surface area contributed by atoms with Crippen molar-refractivity contribution in [1.29, 1.82) is 0 Å². The lowest BCUT2D eigenvalue weighted by Gasteiger charge is -2.26. The Balaban J connectivity index is 1.10. The van der Waals surface area contributed by atoms with Crippen LogP contribution in [0, 0.1) is 0 Å². The van der Waals surface area contributed by atoms with Gasteiger partial charge < -0.3 is 13.9 Å². The van der Waals surface area contributed by atoms with Crippen LogP contribution in [-0.2, 0) is 0 Å². The van der Waals surface area contributed by atoms with Gasteiger partial charge in [0, 0.05) is 32.3 Å². The summed E-state index contributed by atoms with van der Waals surface area (Å²) in [6.45, 7) is 0.0768. The van der Waals surface area contributed by atoms with Gasteiger partial charge >= 0.3 is 0 Å². The van der Waals surface area contributed by atoms with E-state index < -0.39 is 0 Å². The molecule has 0 radical (unpaired) electrons. The molecule has 3 nitrogen and oxygen atoms in total. The zero-order valence-corrected chi connectivity index (χ0v) is 29.3. The molecular formula is C48H29BN2OS. The molecule has 0 amide bonds. The molecule has 0 saturated heterocycles. The largest absolute Gasteiger partial charge is 0.458 e. The van der Waals surface area contributed by atoms with Crippen LogP contribution in [0.25, 0.3) is 75.2 Å². The summed E-state index contributed by atoms with van der Waals surface area (Å²) >= 11 is 1.90. The summed E-state index contributed by atoms with van der Waals surface area (Å²) in [7, 11) is 0. The first-order valence-electron chi connectivity index (χ1n) is 18.1. The summed E-state index contributed by atoms with van der Waals surface area (Å²) in [6.07, 6.45) is 0. The Morgan fingerprint density at radius 3 is 1.36 bits per heavy atom. The van der Waals surface area contributed by atoms with Crippen LogP contribution >= 0.6 is 11.3 Å². The van der Waals surface area contributed by atoms with E-state index in [1.54, 1.807) is 0 Å². The normalized spacial score (nSPS) is 12.6. The number of hydrogen-bond acceptors (Lipinski definition) is 2. The summed E-state index contributed by atoms with van der Waals surface area (Å²) in [5.41, 5.74) is 11.0. The first-order chi connectivity index (χ1) is 26.3. The number of aromatic nitrogens is 2. The topological polar surface area (TPSA) is 19.1 Å². The van der Waals surface area contributed by atoms with Crippen molar-refractivity contribution in [2.75, 3.05) is 0 Å². The number of thiophene rings is 1. The van der Waals surface area contributed by atoms with E-state index in [4.69, 9.17) is 4.74 Å². The highest BCUT2D eigenvalue weighted by molar-refractivity contribution is 7.26. The molecule has 1 aliphatic rings. The third-order valence-electron chi connectivity index (χ3n) is 11.3. The van der Waals surface area contributed by atoms with Crippen LogP contribution in [0.5, 0.6) is 11.5 Å². The first kappa shape index (κ1) is 29.1. The van der Waals surface area contributed by atoms with Gasteiger partial charge in [-0.05, 0) is 59.5 Å². The van der Waals surface area contributed by atoms with Gasteiger partial charge in [-0.1, -0.05) is 133 Å². The number of nitrogens with zero attached hydrogens (tertiary/aromatic N) is 2. The van der Waals surface area contributed by atoms with Gasteiger partial charge in [-0.25, -0.2) is 0 Å². The third kappa shape index (κ3) is 4.05. The van der Waals surface area contributed by atoms with Crippen LogP contribution in [0.4, 0.5) is 0 Å². The van der Waals surface area contributed by atoms with Crippen LogP contribution < -0.4 is 21.1 Å². The number of benzene rings is 8. The number of ether oxygens (including phenoxy) is 1. The van der Waals surface area contributed by atoms with Crippen LogP contribution in [0.2, 0.25) is 0 Å². The second-order valence-corrected chi connectivity index (χ2v) is 15.0. The Kier molecular flexibility index (Phi) is 6.02. The summed E-state index contributed by atoms with van der Waals surface area (Å²) in [5, 5.41) is 7.62. The Bertz CT molecular complexity index is 3200. The average Bonchev–Trinajstić information content (AvgIpc) is 3.88. The molecule has 11 aromatic rings. The molecule has 0 N–H and O–H groups in total. The van der Waals surface area contributed by atoms with Crippen LogP contribution in [0.1, 0.15) is 0 Å². The predicted octanol–water partition coefficient (Wildman–Crippen LogP) is 10.9. The molecule has 53 heavy (non-hydrogen) atoms. The fourth-order valence-corrected chi connectivity index (χ4v) is 10.3. The van der Waals surface area contributed by atoms with Crippen LogP contribution in [0.3, 0.4) is 0 Å². The molecule has 8 aromatic carbocycles. The highest BCUT2D eigenvalue weighted by Gasteiger charge is 2.32. The number of hydrogen-bond donors (Lipinski definition) is 0. The summed E-state index contributed by atoms with van der Waals surface area (Å²) in [5.74, 6) is 1.85. The summed E-state index contributed by atoms with van der Waals surface area (Å²) in [6, 6.07) is 64.0. The molecule has 0 bridgehead atoms. The fraction of sp³-hybridized carbons (Fsp3) is 0. The molecule has 0 fully saturated rings. The minimum absolute atomic E-state index is 0.0768. The van der Waals surface area contributed by atoms with Gasteiger partial charge in [0.1, 0.15) is 11.5 Å². The van der Waals surface area contributed by atoms with Gasteiger partial charge in [0.05, 0.1) is 42.8 Å². The quantitative estimate of drug-likeness (QED) is 0.169. The second kappa shape index (κ2) is 11.0. The van der Waals surface area contributed by atoms with Crippen molar-refractivity contribution in [3.05, 3.63) is 176 Å². The van der Waals surface area contributed by atoms with Crippen LogP contribution in [0.15, 0.2) is 176 Å². The van der Waals surface area contributed by atoms with Gasteiger partial charge in [0.2, 0.25) is 0 Å². The zero-order valence-electron chi connectivity index (χ0n) is 28.5. The molecule has 1 aliphatic heterocycles. The van der Waals surface area contributed by atoms with Crippen molar-refractivity contribution in [2.24, 2.45) is 0 Å². The minimum Gasteiger partial charge on any atom is -0.458 e. The number of fused-ring (bicyclic) bond motifs is 11. The molecule has 4 heterocycles. The maximum absolute atomic E-state index is 6.38. The molecule has 0 atom stereocenters. The smallest absolute Gasteiger partial charge is 0.250 e. The number of rotatable bonds is 3. The van der Waals surface area contributed by atoms with Crippen molar-refractivity contribution >= 4 is 98.2 Å². The molecule has 5 heteroatoms. The maximum Gasteiger partial charge on any atom is 0.250 e.